The number of benzene rings is 1. The number of rotatable bonds is 2. The Kier molecular flexibility index (Phi) is 3.18. The van der Waals surface area contributed by atoms with Crippen molar-refractivity contribution in [3.05, 3.63) is 30.3 Å². The molecule has 104 valence electrons. The Balaban J connectivity index is 1.81. The Labute approximate surface area is 116 Å². The fraction of sp³-hybridized carbons (Fsp3) is 0.333. The van der Waals surface area contributed by atoms with Crippen LogP contribution in [-0.2, 0) is 4.79 Å². The number of pyridine rings is 1. The molecule has 5 nitrogen and oxygen atoms in total. The number of aliphatic carboxylic acids is 1. The van der Waals surface area contributed by atoms with Crippen molar-refractivity contribution < 1.29 is 15.0 Å². The smallest absolute Gasteiger partial charge is 0.306 e. The summed E-state index contributed by atoms with van der Waals surface area (Å²) < 4.78 is 0. The number of hydrogen-bond donors (Lipinski definition) is 2. The maximum Gasteiger partial charge on any atom is 0.306 e. The van der Waals surface area contributed by atoms with Crippen molar-refractivity contribution in [1.29, 1.82) is 0 Å². The molecular formula is C15H16N2O3. The van der Waals surface area contributed by atoms with Gasteiger partial charge in [-0.25, -0.2) is 4.98 Å². The fourth-order valence-electron chi connectivity index (χ4n) is 2.63. The lowest BCUT2D eigenvalue weighted by atomic mass is 9.97. The molecular weight excluding hydrogens is 256 g/mol. The van der Waals surface area contributed by atoms with E-state index in [0.29, 0.717) is 25.9 Å². The second-order valence-electron chi connectivity index (χ2n) is 5.15. The molecule has 2 N–H and O–H groups in total. The number of piperidine rings is 1. The summed E-state index contributed by atoms with van der Waals surface area (Å²) in [7, 11) is 0. The van der Waals surface area contributed by atoms with Gasteiger partial charge in [-0.05, 0) is 43.2 Å². The van der Waals surface area contributed by atoms with Gasteiger partial charge in [0.05, 0.1) is 11.4 Å². The first kappa shape index (κ1) is 12.7. The second-order valence-corrected chi connectivity index (χ2v) is 5.15. The van der Waals surface area contributed by atoms with Gasteiger partial charge in [-0.2, -0.15) is 0 Å². The first-order valence-electron chi connectivity index (χ1n) is 6.71. The third kappa shape index (κ3) is 2.39. The van der Waals surface area contributed by atoms with E-state index < -0.39 is 5.97 Å². The van der Waals surface area contributed by atoms with Crippen molar-refractivity contribution in [3.8, 4) is 5.75 Å². The molecule has 1 aromatic heterocycles. The normalized spacial score (nSPS) is 16.5. The van der Waals surface area contributed by atoms with E-state index in [2.05, 4.69) is 9.88 Å². The Morgan fingerprint density at radius 2 is 1.95 bits per heavy atom. The van der Waals surface area contributed by atoms with E-state index in [4.69, 9.17) is 5.11 Å². The molecule has 1 aromatic carbocycles. The van der Waals surface area contributed by atoms with Crippen molar-refractivity contribution in [2.75, 3.05) is 18.0 Å². The number of phenolic OH excluding ortho intramolecular Hbond substituents is 1. The summed E-state index contributed by atoms with van der Waals surface area (Å²) in [5.74, 6) is 0.164. The van der Waals surface area contributed by atoms with Crippen LogP contribution in [0.2, 0.25) is 0 Å². The van der Waals surface area contributed by atoms with Crippen LogP contribution < -0.4 is 4.90 Å². The monoisotopic (exact) mass is 272 g/mol. The average molecular weight is 272 g/mol. The Morgan fingerprint density at radius 3 is 2.65 bits per heavy atom. The molecule has 2 aromatic rings. The van der Waals surface area contributed by atoms with E-state index >= 15 is 0 Å². The quantitative estimate of drug-likeness (QED) is 0.877. The lowest BCUT2D eigenvalue weighted by Gasteiger charge is -2.31. The fourth-order valence-corrected chi connectivity index (χ4v) is 2.63. The highest BCUT2D eigenvalue weighted by molar-refractivity contribution is 5.81. The molecule has 5 heteroatoms. The minimum absolute atomic E-state index is 0.231. The topological polar surface area (TPSA) is 73.7 Å². The molecule has 3 rings (SSSR count). The number of fused-ring (bicyclic) bond motifs is 1. The van der Waals surface area contributed by atoms with Crippen molar-refractivity contribution in [1.82, 2.24) is 4.98 Å². The number of phenols is 1. The number of carboxylic acid groups (broad SMARTS) is 1. The molecule has 1 fully saturated rings. The average Bonchev–Trinajstić information content (AvgIpc) is 2.47. The number of aromatic hydroxyl groups is 1. The number of carboxylic acids is 1. The number of anilines is 1. The predicted molar refractivity (Wildman–Crippen MR) is 76.0 cm³/mol. The van der Waals surface area contributed by atoms with Crippen molar-refractivity contribution in [2.24, 2.45) is 5.92 Å². The Bertz CT molecular complexity index is 649. The van der Waals surface area contributed by atoms with Crippen molar-refractivity contribution >= 4 is 22.7 Å². The van der Waals surface area contributed by atoms with Crippen LogP contribution in [0.25, 0.3) is 10.9 Å². The minimum atomic E-state index is -0.702. The first-order valence-corrected chi connectivity index (χ1v) is 6.71. The second kappa shape index (κ2) is 5.00. The van der Waals surface area contributed by atoms with Crippen LogP contribution in [0.15, 0.2) is 30.3 Å². The number of nitrogens with zero attached hydrogens (tertiary/aromatic N) is 2. The summed E-state index contributed by atoms with van der Waals surface area (Å²) in [5.41, 5.74) is 0.834. The van der Waals surface area contributed by atoms with Crippen molar-refractivity contribution in [2.45, 2.75) is 12.8 Å². The van der Waals surface area contributed by atoms with Gasteiger partial charge in [0.2, 0.25) is 0 Å². The van der Waals surface area contributed by atoms with Crippen molar-refractivity contribution in [3.63, 3.8) is 0 Å². The van der Waals surface area contributed by atoms with Gasteiger partial charge >= 0.3 is 5.97 Å². The van der Waals surface area contributed by atoms with E-state index in [9.17, 15) is 9.90 Å². The summed E-state index contributed by atoms with van der Waals surface area (Å²) in [5, 5.41) is 19.3. The number of aromatic nitrogens is 1. The minimum Gasteiger partial charge on any atom is -0.508 e. The third-order valence-electron chi connectivity index (χ3n) is 3.83. The molecule has 0 unspecified atom stereocenters. The van der Waals surface area contributed by atoms with Gasteiger partial charge in [0, 0.05) is 18.5 Å². The summed E-state index contributed by atoms with van der Waals surface area (Å²) in [6.45, 7) is 1.43. The molecule has 0 atom stereocenters. The molecule has 0 aliphatic carbocycles. The van der Waals surface area contributed by atoms with Gasteiger partial charge in [0.1, 0.15) is 11.6 Å². The summed E-state index contributed by atoms with van der Waals surface area (Å²) in [6.07, 6.45) is 1.31. The summed E-state index contributed by atoms with van der Waals surface area (Å²) >= 11 is 0. The number of hydrogen-bond acceptors (Lipinski definition) is 4. The molecule has 1 saturated heterocycles. The van der Waals surface area contributed by atoms with Gasteiger partial charge in [0.15, 0.2) is 0 Å². The molecule has 0 saturated carbocycles. The Hall–Kier alpha value is -2.30. The van der Waals surface area contributed by atoms with Crippen LogP contribution >= 0.6 is 0 Å². The molecule has 0 bridgehead atoms. The van der Waals surface area contributed by atoms with E-state index in [1.54, 1.807) is 18.2 Å². The Morgan fingerprint density at radius 1 is 1.20 bits per heavy atom. The zero-order valence-corrected chi connectivity index (χ0v) is 11.0. The molecule has 20 heavy (non-hydrogen) atoms. The zero-order valence-electron chi connectivity index (χ0n) is 11.0. The van der Waals surface area contributed by atoms with Crippen LogP contribution in [0.3, 0.4) is 0 Å². The molecule has 1 aliphatic rings. The largest absolute Gasteiger partial charge is 0.508 e. The van der Waals surface area contributed by atoms with Gasteiger partial charge in [-0.1, -0.05) is 0 Å². The van der Waals surface area contributed by atoms with Gasteiger partial charge < -0.3 is 15.1 Å². The van der Waals surface area contributed by atoms with Crippen LogP contribution in [-0.4, -0.2) is 34.3 Å². The van der Waals surface area contributed by atoms with Gasteiger partial charge in [-0.3, -0.25) is 4.79 Å². The molecule has 0 amide bonds. The molecule has 0 radical (unpaired) electrons. The van der Waals surface area contributed by atoms with E-state index in [1.807, 2.05) is 12.1 Å². The highest BCUT2D eigenvalue weighted by Gasteiger charge is 2.25. The third-order valence-corrected chi connectivity index (χ3v) is 3.83. The summed E-state index contributed by atoms with van der Waals surface area (Å²) in [4.78, 5) is 17.6. The highest BCUT2D eigenvalue weighted by Crippen LogP contribution is 2.25. The van der Waals surface area contributed by atoms with Crippen LogP contribution in [0.1, 0.15) is 12.8 Å². The lowest BCUT2D eigenvalue weighted by Crippen LogP contribution is -2.36. The maximum absolute atomic E-state index is 10.9. The predicted octanol–water partition coefficient (Wildman–Crippen LogP) is 2.24. The lowest BCUT2D eigenvalue weighted by molar-refractivity contribution is -0.142. The zero-order chi connectivity index (χ0) is 14.1. The summed E-state index contributed by atoms with van der Waals surface area (Å²) in [6, 6.07) is 8.94. The SMILES string of the molecule is O=C(O)C1CCN(c2ccc3cc(O)ccc3n2)CC1. The number of carbonyl (C=O) groups is 1. The van der Waals surface area contributed by atoms with Gasteiger partial charge in [0.25, 0.3) is 0 Å². The van der Waals surface area contributed by atoms with Gasteiger partial charge in [-0.15, -0.1) is 0 Å². The molecule has 2 heterocycles. The van der Waals surface area contributed by atoms with Crippen LogP contribution in [0, 0.1) is 5.92 Å². The van der Waals surface area contributed by atoms with E-state index in [1.165, 1.54) is 0 Å². The maximum atomic E-state index is 10.9. The van der Waals surface area contributed by atoms with Crippen LogP contribution in [0.5, 0.6) is 5.75 Å². The van der Waals surface area contributed by atoms with Crippen LogP contribution in [0.4, 0.5) is 5.82 Å². The molecule has 1 aliphatic heterocycles. The first-order chi connectivity index (χ1) is 9.63. The van der Waals surface area contributed by atoms with E-state index in [-0.39, 0.29) is 11.7 Å². The van der Waals surface area contributed by atoms with E-state index in [0.717, 1.165) is 16.7 Å². The molecule has 0 spiro atoms. The standard InChI is InChI=1S/C15H16N2O3/c18-12-2-3-13-11(9-12)1-4-14(16-13)17-7-5-10(6-8-17)15(19)20/h1-4,9-10,18H,5-8H2,(H,19,20). The highest BCUT2D eigenvalue weighted by atomic mass is 16.4.